The maximum atomic E-state index is 12.4. The fourth-order valence-electron chi connectivity index (χ4n) is 3.55. The number of fused-ring (bicyclic) bond motifs is 2. The summed E-state index contributed by atoms with van der Waals surface area (Å²) in [7, 11) is 0. The van der Waals surface area contributed by atoms with Gasteiger partial charge in [0.25, 0.3) is 0 Å². The van der Waals surface area contributed by atoms with Crippen LogP contribution in [-0.2, 0) is 27.3 Å². The number of hydrogen-bond donors (Lipinski definition) is 1. The van der Waals surface area contributed by atoms with Crippen molar-refractivity contribution < 1.29 is 14.1 Å². The number of amides is 1. The molecule has 0 saturated carbocycles. The van der Waals surface area contributed by atoms with Crippen molar-refractivity contribution in [2.75, 3.05) is 25.4 Å². The molecule has 0 aliphatic carbocycles. The number of ether oxygens (including phenoxy) is 1. The van der Waals surface area contributed by atoms with Gasteiger partial charge in [-0.25, -0.2) is 0 Å². The maximum absolute atomic E-state index is 12.4. The molecule has 25 heavy (non-hydrogen) atoms. The Kier molecular flexibility index (Phi) is 4.51. The first-order valence-electron chi connectivity index (χ1n) is 8.48. The molecule has 4 heterocycles. The monoisotopic (exact) mass is 363 g/mol. The second kappa shape index (κ2) is 6.80. The van der Waals surface area contributed by atoms with Gasteiger partial charge in [-0.15, -0.1) is 11.8 Å². The first kappa shape index (κ1) is 16.6. The Bertz CT molecular complexity index is 751. The van der Waals surface area contributed by atoms with Crippen LogP contribution in [-0.4, -0.2) is 56.6 Å². The van der Waals surface area contributed by atoms with E-state index in [4.69, 9.17) is 9.26 Å². The average molecular weight is 363 g/mol. The summed E-state index contributed by atoms with van der Waals surface area (Å²) >= 11 is 1.50. The summed E-state index contributed by atoms with van der Waals surface area (Å²) in [6, 6.07) is 0. The smallest absolute Gasteiger partial charge is 0.236 e. The molecule has 1 amide bonds. The largest absolute Gasteiger partial charge is 0.368 e. The molecule has 1 saturated heterocycles. The lowest BCUT2D eigenvalue weighted by Crippen LogP contribution is -2.48. The Morgan fingerprint density at radius 3 is 3.04 bits per heavy atom. The minimum absolute atomic E-state index is 0.150. The highest BCUT2D eigenvalue weighted by Gasteiger charge is 2.42. The molecule has 0 bridgehead atoms. The minimum atomic E-state index is -0.296. The number of nitrogens with zero attached hydrogens (tertiary/aromatic N) is 4. The Labute approximate surface area is 149 Å². The number of aromatic amines is 1. The molecule has 0 unspecified atom stereocenters. The number of nitrogens with one attached hydrogen (secondary N) is 1. The van der Waals surface area contributed by atoms with E-state index in [1.54, 1.807) is 6.92 Å². The number of carbonyl (C=O) groups excluding carboxylic acids is 1. The standard InChI is InChI=1S/C16H21N5O3S/c1-11-18-13(24-20-11)9-25-10-14(22)21-5-3-16(4-6-21)15-12(2-7-23-16)8-17-19-15/h8H,2-7,9-10H2,1H3,(H,17,19). The fraction of sp³-hybridized carbons (Fsp3) is 0.625. The van der Waals surface area contributed by atoms with Crippen LogP contribution in [0.2, 0.25) is 0 Å². The molecule has 1 N–H and O–H groups in total. The van der Waals surface area contributed by atoms with E-state index in [9.17, 15) is 4.79 Å². The third-order valence-electron chi connectivity index (χ3n) is 4.87. The van der Waals surface area contributed by atoms with E-state index in [0.717, 1.165) is 31.6 Å². The number of H-pyrrole nitrogens is 1. The number of thioether (sulfide) groups is 1. The van der Waals surface area contributed by atoms with Gasteiger partial charge in [0.05, 0.1) is 30.0 Å². The zero-order valence-electron chi connectivity index (χ0n) is 14.2. The van der Waals surface area contributed by atoms with Crippen LogP contribution in [0.15, 0.2) is 10.7 Å². The highest BCUT2D eigenvalue weighted by atomic mass is 32.2. The quantitative estimate of drug-likeness (QED) is 0.877. The molecular formula is C16H21N5O3S. The molecular weight excluding hydrogens is 342 g/mol. The van der Waals surface area contributed by atoms with Crippen molar-refractivity contribution in [1.82, 2.24) is 25.2 Å². The predicted molar refractivity (Wildman–Crippen MR) is 90.9 cm³/mol. The van der Waals surface area contributed by atoms with E-state index in [-0.39, 0.29) is 11.5 Å². The molecule has 2 aliphatic rings. The summed E-state index contributed by atoms with van der Waals surface area (Å²) in [5.41, 5.74) is 2.05. The fourth-order valence-corrected chi connectivity index (χ4v) is 4.30. The topological polar surface area (TPSA) is 97.1 Å². The summed E-state index contributed by atoms with van der Waals surface area (Å²) in [4.78, 5) is 18.5. The highest BCUT2D eigenvalue weighted by Crippen LogP contribution is 2.40. The van der Waals surface area contributed by atoms with Crippen LogP contribution in [0.3, 0.4) is 0 Å². The van der Waals surface area contributed by atoms with Gasteiger partial charge in [0, 0.05) is 13.1 Å². The van der Waals surface area contributed by atoms with Crippen molar-refractivity contribution >= 4 is 17.7 Å². The molecule has 4 rings (SSSR count). The Morgan fingerprint density at radius 1 is 1.44 bits per heavy atom. The Balaban J connectivity index is 1.29. The van der Waals surface area contributed by atoms with Gasteiger partial charge in [0.1, 0.15) is 5.60 Å². The Morgan fingerprint density at radius 2 is 2.28 bits per heavy atom. The molecule has 0 radical (unpaired) electrons. The number of hydrogen-bond acceptors (Lipinski definition) is 7. The first-order valence-corrected chi connectivity index (χ1v) is 9.63. The van der Waals surface area contributed by atoms with E-state index in [1.807, 2.05) is 11.1 Å². The van der Waals surface area contributed by atoms with Crippen molar-refractivity contribution in [2.24, 2.45) is 0 Å². The third kappa shape index (κ3) is 3.30. The normalized spacial score (nSPS) is 19.2. The van der Waals surface area contributed by atoms with E-state index in [2.05, 4.69) is 20.3 Å². The molecule has 2 aromatic rings. The maximum Gasteiger partial charge on any atom is 0.236 e. The minimum Gasteiger partial charge on any atom is -0.368 e. The van der Waals surface area contributed by atoms with Crippen LogP contribution >= 0.6 is 11.8 Å². The van der Waals surface area contributed by atoms with Gasteiger partial charge in [0.2, 0.25) is 11.8 Å². The van der Waals surface area contributed by atoms with Gasteiger partial charge in [0.15, 0.2) is 5.82 Å². The van der Waals surface area contributed by atoms with Gasteiger partial charge in [-0.1, -0.05) is 5.16 Å². The van der Waals surface area contributed by atoms with Crippen LogP contribution in [0.5, 0.6) is 0 Å². The third-order valence-corrected chi connectivity index (χ3v) is 5.77. The van der Waals surface area contributed by atoms with E-state index < -0.39 is 0 Å². The van der Waals surface area contributed by atoms with E-state index in [0.29, 0.717) is 36.3 Å². The Hall–Kier alpha value is -1.87. The number of aromatic nitrogens is 4. The van der Waals surface area contributed by atoms with Gasteiger partial charge < -0.3 is 14.2 Å². The summed E-state index contributed by atoms with van der Waals surface area (Å²) in [5, 5.41) is 11.0. The zero-order valence-corrected chi connectivity index (χ0v) is 15.0. The highest BCUT2D eigenvalue weighted by molar-refractivity contribution is 7.99. The average Bonchev–Trinajstić information content (AvgIpc) is 3.25. The van der Waals surface area contributed by atoms with Crippen molar-refractivity contribution in [3.8, 4) is 0 Å². The summed E-state index contributed by atoms with van der Waals surface area (Å²) in [6.45, 7) is 3.92. The van der Waals surface area contributed by atoms with E-state index in [1.165, 1.54) is 17.3 Å². The van der Waals surface area contributed by atoms with Gasteiger partial charge in [-0.3, -0.25) is 9.89 Å². The van der Waals surface area contributed by atoms with Gasteiger partial charge in [-0.05, 0) is 31.7 Å². The molecule has 2 aliphatic heterocycles. The van der Waals surface area contributed by atoms with Gasteiger partial charge >= 0.3 is 0 Å². The van der Waals surface area contributed by atoms with Crippen molar-refractivity contribution in [1.29, 1.82) is 0 Å². The summed E-state index contributed by atoms with van der Waals surface area (Å²) in [5.74, 6) is 2.32. The first-order chi connectivity index (χ1) is 12.2. The summed E-state index contributed by atoms with van der Waals surface area (Å²) in [6.07, 6.45) is 4.41. The SMILES string of the molecule is Cc1noc(CSCC(=O)N2CCC3(CC2)OCCc2cn[nH]c23)n1. The molecule has 0 aromatic carbocycles. The number of rotatable bonds is 4. The molecule has 1 spiro atoms. The van der Waals surface area contributed by atoms with Crippen molar-refractivity contribution in [2.45, 2.75) is 37.5 Å². The lowest BCUT2D eigenvalue weighted by molar-refractivity contribution is -0.138. The van der Waals surface area contributed by atoms with Gasteiger partial charge in [-0.2, -0.15) is 10.1 Å². The molecule has 0 atom stereocenters. The number of aryl methyl sites for hydroxylation is 1. The van der Waals surface area contributed by atoms with E-state index >= 15 is 0 Å². The predicted octanol–water partition coefficient (Wildman–Crippen LogP) is 1.42. The molecule has 9 heteroatoms. The molecule has 134 valence electrons. The lowest BCUT2D eigenvalue weighted by Gasteiger charge is -2.43. The van der Waals surface area contributed by atoms with Crippen LogP contribution in [0, 0.1) is 6.92 Å². The van der Waals surface area contributed by atoms with Crippen molar-refractivity contribution in [3.63, 3.8) is 0 Å². The number of likely N-dealkylation sites (tertiary alicyclic amines) is 1. The summed E-state index contributed by atoms with van der Waals surface area (Å²) < 4.78 is 11.2. The molecule has 1 fully saturated rings. The molecule has 8 nitrogen and oxygen atoms in total. The lowest BCUT2D eigenvalue weighted by atomic mass is 9.84. The van der Waals surface area contributed by atoms with Crippen LogP contribution < -0.4 is 0 Å². The van der Waals surface area contributed by atoms with Crippen molar-refractivity contribution in [3.05, 3.63) is 29.2 Å². The second-order valence-corrected chi connectivity index (χ2v) is 7.46. The van der Waals surface area contributed by atoms with Crippen LogP contribution in [0.4, 0.5) is 0 Å². The second-order valence-electron chi connectivity index (χ2n) is 6.47. The number of carbonyl (C=O) groups is 1. The van der Waals surface area contributed by atoms with Crippen LogP contribution in [0.25, 0.3) is 0 Å². The van der Waals surface area contributed by atoms with Crippen LogP contribution in [0.1, 0.15) is 35.8 Å². The molecule has 2 aromatic heterocycles. The zero-order chi connectivity index (χ0) is 17.3. The number of piperidine rings is 1.